The van der Waals surface area contributed by atoms with E-state index in [4.69, 9.17) is 0 Å². The monoisotopic (exact) mass is 371 g/mol. The van der Waals surface area contributed by atoms with Gasteiger partial charge in [0.2, 0.25) is 0 Å². The van der Waals surface area contributed by atoms with E-state index < -0.39 is 47.8 Å². The Morgan fingerprint density at radius 1 is 0.750 bits per heavy atom. The first-order valence-electron chi connectivity index (χ1n) is 3.90. The molecule has 11 nitrogen and oxygen atoms in total. The van der Waals surface area contributed by atoms with E-state index >= 15 is 0 Å². The molecule has 0 amide bonds. The third-order valence-corrected chi connectivity index (χ3v) is 2.61. The number of rotatable bonds is 3. The molecule has 14 heteroatoms. The van der Waals surface area contributed by atoms with Crippen LogP contribution in [-0.2, 0) is 0 Å². The number of nitro groups is 3. The zero-order valence-corrected chi connectivity index (χ0v) is 9.65. The van der Waals surface area contributed by atoms with Crippen molar-refractivity contribution in [2.75, 3.05) is 0 Å². The predicted molar refractivity (Wildman–Crippen MR) is 71.7 cm³/mol. The molecule has 1 aromatic carbocycles. The van der Waals surface area contributed by atoms with Gasteiger partial charge in [-0.3, -0.25) is 30.3 Å². The van der Waals surface area contributed by atoms with E-state index in [1.54, 1.807) is 0 Å². The molecule has 0 atom stereocenters. The minimum absolute atomic E-state index is 0. The van der Waals surface area contributed by atoms with Crippen LogP contribution in [0.25, 0.3) is 0 Å². The molecule has 1 rings (SSSR count). The van der Waals surface area contributed by atoms with E-state index in [0.717, 1.165) is 0 Å². The molecule has 0 heterocycles. The Hall–Kier alpha value is -0.500. The number of halogens is 1. The fourth-order valence-corrected chi connectivity index (χ4v) is 1.83. The van der Waals surface area contributed by atoms with Crippen LogP contribution in [0.5, 0.6) is 11.5 Å². The molecule has 1 aromatic rings. The van der Waals surface area contributed by atoms with E-state index in [9.17, 15) is 40.6 Å². The summed E-state index contributed by atoms with van der Waals surface area (Å²) in [6.07, 6.45) is 0. The Balaban J connectivity index is 0. The van der Waals surface area contributed by atoms with Gasteiger partial charge in [0.15, 0.2) is 4.47 Å². The van der Waals surface area contributed by atoms with Crippen molar-refractivity contribution >= 4 is 92.1 Å². The maximum absolute atomic E-state index is 10.6. The molecule has 0 aromatic heterocycles. The molecule has 20 heavy (non-hydrogen) atoms. The summed E-state index contributed by atoms with van der Waals surface area (Å²) in [7, 11) is 0. The zero-order valence-electron chi connectivity index (χ0n) is 8.06. The number of aromatic hydroxyl groups is 2. The number of hydrogen-bond donors (Lipinski definition) is 2. The van der Waals surface area contributed by atoms with E-state index in [1.807, 2.05) is 0 Å². The summed E-state index contributed by atoms with van der Waals surface area (Å²) in [6.45, 7) is 0. The molecule has 0 radical (unpaired) electrons. The molecule has 0 saturated carbocycles. The van der Waals surface area contributed by atoms with Gasteiger partial charge in [-0.1, -0.05) is 0 Å². The van der Waals surface area contributed by atoms with Crippen molar-refractivity contribution in [3.8, 4) is 11.5 Å². The number of nitrogens with zero attached hydrogens (tertiary/aromatic N) is 3. The van der Waals surface area contributed by atoms with Crippen LogP contribution in [0.3, 0.4) is 0 Å². The predicted octanol–water partition coefficient (Wildman–Crippen LogP) is 0.288. The van der Waals surface area contributed by atoms with Crippen molar-refractivity contribution < 1.29 is 25.0 Å². The van der Waals surface area contributed by atoms with Crippen molar-refractivity contribution in [1.29, 1.82) is 0 Å². The molecule has 0 aliphatic carbocycles. The van der Waals surface area contributed by atoms with Gasteiger partial charge in [-0.05, 0) is 15.9 Å². The Kier molecular flexibility index (Phi) is 8.79. The summed E-state index contributed by atoms with van der Waals surface area (Å²) < 4.78 is -0.863. The van der Waals surface area contributed by atoms with Crippen LogP contribution >= 0.6 is 15.9 Å². The van der Waals surface area contributed by atoms with Gasteiger partial charge < -0.3 is 10.2 Å². The van der Waals surface area contributed by atoms with Crippen molar-refractivity contribution in [1.82, 2.24) is 0 Å². The van der Waals surface area contributed by atoms with Crippen LogP contribution < -0.4 is 0 Å². The quantitative estimate of drug-likeness (QED) is 0.433. The van der Waals surface area contributed by atoms with Crippen molar-refractivity contribution in [3.63, 3.8) is 0 Å². The maximum atomic E-state index is 10.6. The molecule has 2 N–H and O–H groups in total. The Labute approximate surface area is 162 Å². The first-order valence-corrected chi connectivity index (χ1v) is 4.70. The van der Waals surface area contributed by atoms with Gasteiger partial charge in [-0.2, -0.15) is 0 Å². The fraction of sp³-hybridized carbons (Fsp3) is 0. The normalized spacial score (nSPS) is 9.05. The van der Waals surface area contributed by atoms with E-state index in [2.05, 4.69) is 15.9 Å². The number of phenolic OH excluding ortho intramolecular Hbond substituents is 2. The molecular formula is C6H4BrN3Na2O8. The van der Waals surface area contributed by atoms with Gasteiger partial charge in [0.1, 0.15) is 0 Å². The second-order valence-electron chi connectivity index (χ2n) is 2.83. The van der Waals surface area contributed by atoms with Gasteiger partial charge in [-0.15, -0.1) is 0 Å². The van der Waals surface area contributed by atoms with Crippen LogP contribution in [-0.4, -0.2) is 84.1 Å². The molecule has 0 aliphatic heterocycles. The first kappa shape index (κ1) is 21.8. The van der Waals surface area contributed by atoms with Crippen LogP contribution in [0.1, 0.15) is 0 Å². The average molecular weight is 372 g/mol. The molecule has 100 valence electrons. The summed E-state index contributed by atoms with van der Waals surface area (Å²) in [4.78, 5) is 27.8. The Morgan fingerprint density at radius 2 is 1.00 bits per heavy atom. The zero-order chi connectivity index (χ0) is 14.2. The second kappa shape index (κ2) is 8.07. The number of nitro benzene ring substituents is 3. The number of benzene rings is 1. The summed E-state index contributed by atoms with van der Waals surface area (Å²) >= 11 is 2.44. The van der Waals surface area contributed by atoms with Crippen LogP contribution in [0.15, 0.2) is 4.47 Å². The van der Waals surface area contributed by atoms with Gasteiger partial charge >= 0.3 is 76.2 Å². The average Bonchev–Trinajstić information content (AvgIpc) is 2.14. The van der Waals surface area contributed by atoms with Crippen LogP contribution in [0, 0.1) is 30.3 Å². The number of phenols is 2. The topological polar surface area (TPSA) is 170 Å². The summed E-state index contributed by atoms with van der Waals surface area (Å²) in [5.74, 6) is -2.94. The standard InChI is InChI=1S/C6H2BrN3O8.2Na.2H/c7-1-2(8(13)14)5(11)4(10(17)18)6(12)3(1)9(15)16;;;;/h11-12H;;;;. The second-order valence-corrected chi connectivity index (χ2v) is 3.62. The molecular weight excluding hydrogens is 368 g/mol. The molecule has 0 aliphatic rings. The van der Waals surface area contributed by atoms with E-state index in [1.165, 1.54) is 0 Å². The van der Waals surface area contributed by atoms with E-state index in [0.29, 0.717) is 0 Å². The molecule has 0 fully saturated rings. The number of hydrogen-bond acceptors (Lipinski definition) is 8. The Bertz CT molecular complexity index is 492. The summed E-state index contributed by atoms with van der Waals surface area (Å²) in [5.41, 5.74) is -4.05. The fourth-order valence-electron chi connectivity index (χ4n) is 1.16. The first-order chi connectivity index (χ1) is 8.20. The third-order valence-electron chi connectivity index (χ3n) is 1.86. The SMILES string of the molecule is O=[N+]([O-])c1c(O)c([N+](=O)[O-])c(Br)c([N+](=O)[O-])c1O.[NaH].[NaH]. The summed E-state index contributed by atoms with van der Waals surface area (Å²) in [6, 6.07) is 0. The Morgan fingerprint density at radius 3 is 1.20 bits per heavy atom. The third kappa shape index (κ3) is 3.78. The van der Waals surface area contributed by atoms with Crippen LogP contribution in [0.2, 0.25) is 0 Å². The van der Waals surface area contributed by atoms with Gasteiger partial charge in [0, 0.05) is 0 Å². The van der Waals surface area contributed by atoms with Crippen molar-refractivity contribution in [2.24, 2.45) is 0 Å². The molecule has 0 spiro atoms. The van der Waals surface area contributed by atoms with Crippen LogP contribution in [0.4, 0.5) is 17.1 Å². The minimum atomic E-state index is -1.50. The van der Waals surface area contributed by atoms with Gasteiger partial charge in [0.05, 0.1) is 14.8 Å². The van der Waals surface area contributed by atoms with Gasteiger partial charge in [0.25, 0.3) is 11.5 Å². The molecule has 0 bridgehead atoms. The summed E-state index contributed by atoms with van der Waals surface area (Å²) in [5, 5.41) is 50.3. The van der Waals surface area contributed by atoms with Crippen molar-refractivity contribution in [2.45, 2.75) is 0 Å². The van der Waals surface area contributed by atoms with Crippen molar-refractivity contribution in [3.05, 3.63) is 34.8 Å². The molecule has 0 saturated heterocycles. The van der Waals surface area contributed by atoms with E-state index in [-0.39, 0.29) is 59.1 Å². The molecule has 0 unspecified atom stereocenters. The van der Waals surface area contributed by atoms with Gasteiger partial charge in [-0.25, -0.2) is 0 Å².